The smallest absolute Gasteiger partial charge is 0.262 e. The van der Waals surface area contributed by atoms with Gasteiger partial charge in [-0.1, -0.05) is 38.1 Å². The van der Waals surface area contributed by atoms with Gasteiger partial charge in [0, 0.05) is 29.4 Å². The highest BCUT2D eigenvalue weighted by atomic mass is 32.2. The topological polar surface area (TPSA) is 104 Å². The summed E-state index contributed by atoms with van der Waals surface area (Å²) in [4.78, 5) is 24.9. The van der Waals surface area contributed by atoms with Crippen molar-refractivity contribution in [2.45, 2.75) is 45.6 Å². The van der Waals surface area contributed by atoms with E-state index in [1.54, 1.807) is 43.3 Å². The first-order valence-electron chi connectivity index (χ1n) is 11.5. The summed E-state index contributed by atoms with van der Waals surface area (Å²) < 4.78 is 28.1. The van der Waals surface area contributed by atoms with Gasteiger partial charge in [-0.15, -0.1) is 0 Å². The van der Waals surface area contributed by atoms with Crippen molar-refractivity contribution in [1.82, 2.24) is 5.32 Å². The van der Waals surface area contributed by atoms with E-state index in [9.17, 15) is 18.0 Å². The van der Waals surface area contributed by atoms with Gasteiger partial charge in [-0.3, -0.25) is 14.3 Å². The SMILES string of the molecule is CCC(C)C(=O)Nc1cccc(CNC(=O)c2ccc(NS(=O)(=O)c3cc(C)ccc3C)cc2)c1. The predicted octanol–water partition coefficient (Wildman–Crippen LogP) is 5.02. The Balaban J connectivity index is 1.61. The van der Waals surface area contributed by atoms with Crippen LogP contribution in [-0.4, -0.2) is 20.2 Å². The maximum atomic E-state index is 12.8. The Morgan fingerprint density at radius 1 is 0.914 bits per heavy atom. The van der Waals surface area contributed by atoms with Crippen LogP contribution < -0.4 is 15.4 Å². The van der Waals surface area contributed by atoms with Crippen molar-refractivity contribution in [3.8, 4) is 0 Å². The van der Waals surface area contributed by atoms with Crippen LogP contribution in [0.25, 0.3) is 0 Å². The van der Waals surface area contributed by atoms with Crippen LogP contribution in [0.1, 0.15) is 47.3 Å². The molecule has 0 aromatic heterocycles. The van der Waals surface area contributed by atoms with Crippen molar-refractivity contribution in [3.63, 3.8) is 0 Å². The molecule has 0 aliphatic rings. The molecule has 0 saturated carbocycles. The number of nitrogens with one attached hydrogen (secondary N) is 3. The number of anilines is 2. The summed E-state index contributed by atoms with van der Waals surface area (Å²) in [5.41, 5.74) is 3.81. The van der Waals surface area contributed by atoms with Crippen LogP contribution in [0.5, 0.6) is 0 Å². The van der Waals surface area contributed by atoms with E-state index in [0.29, 0.717) is 22.5 Å². The highest BCUT2D eigenvalue weighted by molar-refractivity contribution is 7.92. The van der Waals surface area contributed by atoms with E-state index in [1.165, 1.54) is 0 Å². The molecule has 0 spiro atoms. The highest BCUT2D eigenvalue weighted by Gasteiger charge is 2.17. The molecule has 184 valence electrons. The summed E-state index contributed by atoms with van der Waals surface area (Å²) in [6.45, 7) is 7.71. The molecule has 0 heterocycles. The Labute approximate surface area is 207 Å². The van der Waals surface area contributed by atoms with Crippen LogP contribution in [0.15, 0.2) is 71.6 Å². The second-order valence-corrected chi connectivity index (χ2v) is 10.3. The maximum Gasteiger partial charge on any atom is 0.262 e. The van der Waals surface area contributed by atoms with Crippen molar-refractivity contribution in [3.05, 3.63) is 89.0 Å². The van der Waals surface area contributed by atoms with E-state index in [2.05, 4.69) is 15.4 Å². The van der Waals surface area contributed by atoms with Gasteiger partial charge in [0.15, 0.2) is 0 Å². The van der Waals surface area contributed by atoms with Crippen LogP contribution >= 0.6 is 0 Å². The van der Waals surface area contributed by atoms with E-state index in [-0.39, 0.29) is 29.2 Å². The molecule has 0 radical (unpaired) electrons. The number of hydrogen-bond acceptors (Lipinski definition) is 4. The molecule has 3 aromatic rings. The third-order valence-corrected chi connectivity index (χ3v) is 7.26. The van der Waals surface area contributed by atoms with E-state index >= 15 is 0 Å². The molecule has 35 heavy (non-hydrogen) atoms. The van der Waals surface area contributed by atoms with Gasteiger partial charge in [0.2, 0.25) is 5.91 Å². The Kier molecular flexibility index (Phi) is 8.30. The van der Waals surface area contributed by atoms with Gasteiger partial charge in [0.25, 0.3) is 15.9 Å². The number of carbonyl (C=O) groups is 2. The minimum atomic E-state index is -3.75. The lowest BCUT2D eigenvalue weighted by atomic mass is 10.1. The predicted molar refractivity (Wildman–Crippen MR) is 139 cm³/mol. The standard InChI is InChI=1S/C27H31N3O4S/c1-5-19(3)26(31)29-24-8-6-7-21(16-24)17-28-27(32)22-11-13-23(14-12-22)30-35(33,34)25-15-18(2)9-10-20(25)4/h6-16,19,30H,5,17H2,1-4H3,(H,28,32)(H,29,31). The zero-order valence-electron chi connectivity index (χ0n) is 20.4. The molecular weight excluding hydrogens is 462 g/mol. The summed E-state index contributed by atoms with van der Waals surface area (Å²) in [6, 6.07) is 18.8. The fourth-order valence-corrected chi connectivity index (χ4v) is 4.78. The van der Waals surface area contributed by atoms with Crippen LogP contribution in [-0.2, 0) is 21.4 Å². The normalized spacial score (nSPS) is 12.0. The van der Waals surface area contributed by atoms with Gasteiger partial charge in [-0.25, -0.2) is 8.42 Å². The first-order chi connectivity index (χ1) is 16.6. The van der Waals surface area contributed by atoms with E-state index in [1.807, 2.05) is 51.1 Å². The first kappa shape index (κ1) is 26.0. The van der Waals surface area contributed by atoms with Gasteiger partial charge in [0.1, 0.15) is 0 Å². The zero-order valence-corrected chi connectivity index (χ0v) is 21.2. The monoisotopic (exact) mass is 493 g/mol. The molecule has 0 aliphatic carbocycles. The Morgan fingerprint density at radius 3 is 2.31 bits per heavy atom. The molecular formula is C27H31N3O4S. The highest BCUT2D eigenvalue weighted by Crippen LogP contribution is 2.21. The fourth-order valence-electron chi connectivity index (χ4n) is 3.39. The third-order valence-electron chi connectivity index (χ3n) is 5.74. The van der Waals surface area contributed by atoms with Crippen molar-refractivity contribution in [2.24, 2.45) is 5.92 Å². The minimum Gasteiger partial charge on any atom is -0.348 e. The molecule has 3 aromatic carbocycles. The van der Waals surface area contributed by atoms with Crippen molar-refractivity contribution in [2.75, 3.05) is 10.0 Å². The Morgan fingerprint density at radius 2 is 1.63 bits per heavy atom. The molecule has 0 aliphatic heterocycles. The number of carbonyl (C=O) groups excluding carboxylic acids is 2. The lowest BCUT2D eigenvalue weighted by Gasteiger charge is -2.12. The maximum absolute atomic E-state index is 12.8. The molecule has 8 heteroatoms. The van der Waals surface area contributed by atoms with Crippen molar-refractivity contribution in [1.29, 1.82) is 0 Å². The molecule has 1 unspecified atom stereocenters. The van der Waals surface area contributed by atoms with Crippen LogP contribution in [0, 0.1) is 19.8 Å². The van der Waals surface area contributed by atoms with Gasteiger partial charge >= 0.3 is 0 Å². The van der Waals surface area contributed by atoms with Crippen molar-refractivity contribution >= 4 is 33.2 Å². The first-order valence-corrected chi connectivity index (χ1v) is 13.0. The summed E-state index contributed by atoms with van der Waals surface area (Å²) in [5.74, 6) is -0.406. The number of aryl methyl sites for hydroxylation is 2. The van der Waals surface area contributed by atoms with Crippen LogP contribution in [0.3, 0.4) is 0 Å². The van der Waals surface area contributed by atoms with E-state index in [4.69, 9.17) is 0 Å². The average molecular weight is 494 g/mol. The quantitative estimate of drug-likeness (QED) is 0.389. The number of sulfonamides is 1. The molecule has 0 saturated heterocycles. The number of benzene rings is 3. The number of hydrogen-bond donors (Lipinski definition) is 3. The lowest BCUT2D eigenvalue weighted by molar-refractivity contribution is -0.119. The second-order valence-electron chi connectivity index (χ2n) is 8.63. The van der Waals surface area contributed by atoms with E-state index in [0.717, 1.165) is 17.5 Å². The molecule has 3 rings (SSSR count). The summed E-state index contributed by atoms with van der Waals surface area (Å²) >= 11 is 0. The van der Waals surface area contributed by atoms with Crippen LogP contribution in [0.4, 0.5) is 11.4 Å². The van der Waals surface area contributed by atoms with Gasteiger partial charge in [-0.2, -0.15) is 0 Å². The fraction of sp³-hybridized carbons (Fsp3) is 0.259. The third kappa shape index (κ3) is 6.93. The number of rotatable bonds is 9. The average Bonchev–Trinajstić information content (AvgIpc) is 2.83. The Hall–Kier alpha value is -3.65. The lowest BCUT2D eigenvalue weighted by Crippen LogP contribution is -2.23. The minimum absolute atomic E-state index is 0.0399. The second kappa shape index (κ2) is 11.2. The molecule has 0 bridgehead atoms. The Bertz CT molecular complexity index is 1320. The summed E-state index contributed by atoms with van der Waals surface area (Å²) in [6.07, 6.45) is 0.757. The largest absolute Gasteiger partial charge is 0.348 e. The molecule has 0 fully saturated rings. The van der Waals surface area contributed by atoms with Gasteiger partial charge < -0.3 is 10.6 Å². The molecule has 1 atom stereocenters. The van der Waals surface area contributed by atoms with Gasteiger partial charge in [0.05, 0.1) is 4.90 Å². The summed E-state index contributed by atoms with van der Waals surface area (Å²) in [7, 11) is -3.75. The number of amides is 2. The summed E-state index contributed by atoms with van der Waals surface area (Å²) in [5, 5.41) is 5.73. The molecule has 2 amide bonds. The zero-order chi connectivity index (χ0) is 25.6. The van der Waals surface area contributed by atoms with E-state index < -0.39 is 10.0 Å². The van der Waals surface area contributed by atoms with Crippen molar-refractivity contribution < 1.29 is 18.0 Å². The van der Waals surface area contributed by atoms with Crippen LogP contribution in [0.2, 0.25) is 0 Å². The van der Waals surface area contributed by atoms with Gasteiger partial charge in [-0.05, 0) is 79.4 Å². The molecule has 7 nitrogen and oxygen atoms in total. The molecule has 3 N–H and O–H groups in total.